The normalized spacial score (nSPS) is 16.4. The average molecular weight is 493 g/mol. The molecule has 178 valence electrons. The maximum Gasteiger partial charge on any atom is 0.258 e. The van der Waals surface area contributed by atoms with E-state index in [-0.39, 0.29) is 6.04 Å². The lowest BCUT2D eigenvalue weighted by molar-refractivity contribution is 0.390. The lowest BCUT2D eigenvalue weighted by Gasteiger charge is -2.37. The van der Waals surface area contributed by atoms with Crippen molar-refractivity contribution in [1.82, 2.24) is 20.4 Å². The molecular formula is C27H32N4OS2. The van der Waals surface area contributed by atoms with Gasteiger partial charge in [0.25, 0.3) is 5.89 Å². The number of benzene rings is 2. The lowest BCUT2D eigenvalue weighted by Crippen LogP contribution is -2.46. The number of nitrogens with one attached hydrogen (secondary N) is 1. The van der Waals surface area contributed by atoms with Gasteiger partial charge >= 0.3 is 0 Å². The molecule has 1 atom stereocenters. The van der Waals surface area contributed by atoms with Gasteiger partial charge in [0.05, 0.1) is 11.6 Å². The summed E-state index contributed by atoms with van der Waals surface area (Å²) >= 11 is 7.53. The number of hydrogen-bond acceptors (Lipinski definition) is 5. The highest BCUT2D eigenvalue weighted by Crippen LogP contribution is 2.38. The van der Waals surface area contributed by atoms with Gasteiger partial charge in [-0.1, -0.05) is 62.3 Å². The van der Waals surface area contributed by atoms with Crippen LogP contribution in [0.15, 0.2) is 63.6 Å². The molecule has 3 aromatic rings. The number of aryl methyl sites for hydroxylation is 1. The summed E-state index contributed by atoms with van der Waals surface area (Å²) in [5.74, 6) is 1.70. The van der Waals surface area contributed by atoms with Crippen LogP contribution in [-0.2, 0) is 6.42 Å². The van der Waals surface area contributed by atoms with Crippen LogP contribution in [0.1, 0.15) is 57.2 Å². The summed E-state index contributed by atoms with van der Waals surface area (Å²) in [6.45, 7) is 9.55. The van der Waals surface area contributed by atoms with Crippen molar-refractivity contribution < 1.29 is 4.52 Å². The second kappa shape index (κ2) is 10.7. The number of allylic oxidation sites excluding steroid dienone is 1. The summed E-state index contributed by atoms with van der Waals surface area (Å²) in [5.41, 5.74) is 5.37. The minimum Gasteiger partial charge on any atom is -0.351 e. The molecule has 0 spiro atoms. The molecule has 1 aliphatic heterocycles. The SMILES string of the molecule is CCc1ccc(-c2noc(C3=C(C)N(CCC(C)C)C(=S)NC3c3ccc(SC)cc3)n2)cc1. The Kier molecular flexibility index (Phi) is 7.73. The molecule has 0 fully saturated rings. The number of thiocarbonyl (C=S) groups is 1. The van der Waals surface area contributed by atoms with E-state index in [1.807, 2.05) is 0 Å². The number of nitrogens with zero attached hydrogens (tertiary/aromatic N) is 3. The van der Waals surface area contributed by atoms with E-state index >= 15 is 0 Å². The Hall–Kier alpha value is -2.64. The third kappa shape index (κ3) is 5.20. The molecule has 7 heteroatoms. The zero-order valence-corrected chi connectivity index (χ0v) is 22.1. The van der Waals surface area contributed by atoms with Crippen LogP contribution in [0.4, 0.5) is 0 Å². The summed E-state index contributed by atoms with van der Waals surface area (Å²) in [6, 6.07) is 16.7. The van der Waals surface area contributed by atoms with Crippen molar-refractivity contribution in [3.8, 4) is 11.4 Å². The van der Waals surface area contributed by atoms with E-state index in [2.05, 4.69) is 97.9 Å². The molecule has 0 aliphatic carbocycles. The van der Waals surface area contributed by atoms with Gasteiger partial charge in [0.2, 0.25) is 5.82 Å². The molecule has 0 saturated heterocycles. The fourth-order valence-corrected chi connectivity index (χ4v) is 4.86. The first-order valence-electron chi connectivity index (χ1n) is 11.8. The third-order valence-corrected chi connectivity index (χ3v) is 7.33. The molecule has 5 nitrogen and oxygen atoms in total. The Morgan fingerprint density at radius 2 is 1.82 bits per heavy atom. The van der Waals surface area contributed by atoms with Crippen LogP contribution in [-0.4, -0.2) is 33.0 Å². The van der Waals surface area contributed by atoms with E-state index in [0.29, 0.717) is 17.6 Å². The number of rotatable bonds is 8. The highest BCUT2D eigenvalue weighted by Gasteiger charge is 2.34. The van der Waals surface area contributed by atoms with Gasteiger partial charge in [-0.05, 0) is 67.4 Å². The summed E-state index contributed by atoms with van der Waals surface area (Å²) < 4.78 is 5.86. The molecule has 0 amide bonds. The predicted molar refractivity (Wildman–Crippen MR) is 145 cm³/mol. The minimum atomic E-state index is -0.158. The molecular weight excluding hydrogens is 460 g/mol. The second-order valence-electron chi connectivity index (χ2n) is 8.96. The van der Waals surface area contributed by atoms with Crippen LogP contribution < -0.4 is 5.32 Å². The van der Waals surface area contributed by atoms with E-state index in [1.54, 1.807) is 11.8 Å². The molecule has 2 aromatic carbocycles. The van der Waals surface area contributed by atoms with Crippen LogP contribution in [0.2, 0.25) is 0 Å². The molecule has 1 unspecified atom stereocenters. The lowest BCUT2D eigenvalue weighted by atomic mass is 9.94. The van der Waals surface area contributed by atoms with Crippen LogP contribution in [0, 0.1) is 5.92 Å². The average Bonchev–Trinajstić information content (AvgIpc) is 3.33. The van der Waals surface area contributed by atoms with Crippen molar-refractivity contribution in [3.05, 3.63) is 71.2 Å². The molecule has 2 heterocycles. The van der Waals surface area contributed by atoms with E-state index in [4.69, 9.17) is 21.7 Å². The second-order valence-corrected chi connectivity index (χ2v) is 10.2. The molecule has 1 aliphatic rings. The van der Waals surface area contributed by atoms with Gasteiger partial charge < -0.3 is 14.7 Å². The van der Waals surface area contributed by atoms with Crippen molar-refractivity contribution in [3.63, 3.8) is 0 Å². The Bertz CT molecular complexity index is 1170. The zero-order chi connectivity index (χ0) is 24.2. The van der Waals surface area contributed by atoms with E-state index in [9.17, 15) is 0 Å². The molecule has 0 saturated carbocycles. The Labute approximate surface area is 212 Å². The van der Waals surface area contributed by atoms with Crippen molar-refractivity contribution in [2.45, 2.75) is 51.5 Å². The van der Waals surface area contributed by atoms with Gasteiger partial charge in [-0.3, -0.25) is 0 Å². The molecule has 0 bridgehead atoms. The van der Waals surface area contributed by atoms with Gasteiger partial charge in [-0.15, -0.1) is 11.8 Å². The Morgan fingerprint density at radius 1 is 1.12 bits per heavy atom. The Morgan fingerprint density at radius 3 is 2.44 bits per heavy atom. The van der Waals surface area contributed by atoms with E-state index in [0.717, 1.165) is 46.9 Å². The van der Waals surface area contributed by atoms with Gasteiger partial charge in [0, 0.05) is 22.7 Å². The molecule has 0 radical (unpaired) electrons. The monoisotopic (exact) mass is 492 g/mol. The van der Waals surface area contributed by atoms with Crippen LogP contribution in [0.3, 0.4) is 0 Å². The van der Waals surface area contributed by atoms with Crippen LogP contribution in [0.5, 0.6) is 0 Å². The first-order valence-corrected chi connectivity index (χ1v) is 13.4. The maximum atomic E-state index is 5.86. The topological polar surface area (TPSA) is 54.2 Å². The smallest absolute Gasteiger partial charge is 0.258 e. The zero-order valence-electron chi connectivity index (χ0n) is 20.5. The molecule has 4 rings (SSSR count). The Balaban J connectivity index is 1.75. The van der Waals surface area contributed by atoms with Gasteiger partial charge in [0.1, 0.15) is 0 Å². The first-order chi connectivity index (χ1) is 16.4. The van der Waals surface area contributed by atoms with Gasteiger partial charge in [-0.2, -0.15) is 4.98 Å². The summed E-state index contributed by atoms with van der Waals surface area (Å²) in [6.07, 6.45) is 4.12. The van der Waals surface area contributed by atoms with E-state index < -0.39 is 0 Å². The number of aromatic nitrogens is 2. The largest absolute Gasteiger partial charge is 0.351 e. The van der Waals surface area contributed by atoms with Crippen molar-refractivity contribution in [1.29, 1.82) is 0 Å². The summed E-state index contributed by atoms with van der Waals surface area (Å²) in [5, 5.41) is 8.61. The first kappa shape index (κ1) is 24.5. The molecule has 1 aromatic heterocycles. The highest BCUT2D eigenvalue weighted by molar-refractivity contribution is 7.98. The van der Waals surface area contributed by atoms with Crippen molar-refractivity contribution in [2.24, 2.45) is 5.92 Å². The minimum absolute atomic E-state index is 0.158. The number of hydrogen-bond donors (Lipinski definition) is 1. The summed E-state index contributed by atoms with van der Waals surface area (Å²) in [7, 11) is 0. The number of thioether (sulfide) groups is 1. The molecule has 34 heavy (non-hydrogen) atoms. The fourth-order valence-electron chi connectivity index (χ4n) is 4.10. The van der Waals surface area contributed by atoms with Crippen molar-refractivity contribution in [2.75, 3.05) is 12.8 Å². The fraction of sp³-hybridized carbons (Fsp3) is 0.370. The maximum absolute atomic E-state index is 5.86. The van der Waals surface area contributed by atoms with Gasteiger partial charge in [0.15, 0.2) is 5.11 Å². The van der Waals surface area contributed by atoms with Gasteiger partial charge in [-0.25, -0.2) is 0 Å². The third-order valence-electron chi connectivity index (χ3n) is 6.25. The standard InChI is InChI=1S/C27H32N4OS2/c1-6-19-7-9-21(10-8-19)25-29-26(32-30-25)23-18(4)31(16-15-17(2)3)27(33)28-24(23)20-11-13-22(34-5)14-12-20/h7-14,17,24H,6,15-16H2,1-5H3,(H,28,33). The van der Waals surface area contributed by atoms with Crippen LogP contribution in [0.25, 0.3) is 17.0 Å². The van der Waals surface area contributed by atoms with Crippen molar-refractivity contribution >= 4 is 34.7 Å². The molecule has 1 N–H and O–H groups in total. The van der Waals surface area contributed by atoms with E-state index in [1.165, 1.54) is 10.5 Å². The summed E-state index contributed by atoms with van der Waals surface area (Å²) in [4.78, 5) is 8.21. The predicted octanol–water partition coefficient (Wildman–Crippen LogP) is 6.73. The quantitative estimate of drug-likeness (QED) is 0.276. The van der Waals surface area contributed by atoms with Crippen LogP contribution >= 0.6 is 24.0 Å². The highest BCUT2D eigenvalue weighted by atomic mass is 32.2.